The van der Waals surface area contributed by atoms with E-state index in [2.05, 4.69) is 10.5 Å². The van der Waals surface area contributed by atoms with Crippen LogP contribution in [0.1, 0.15) is 5.56 Å². The fourth-order valence-electron chi connectivity index (χ4n) is 2.23. The molecule has 3 rings (SSSR count). The van der Waals surface area contributed by atoms with E-state index in [1.165, 1.54) is 6.07 Å². The number of nitro groups is 1. The van der Waals surface area contributed by atoms with E-state index in [4.69, 9.17) is 21.1 Å². The molecule has 0 saturated carbocycles. The number of amides is 1. The van der Waals surface area contributed by atoms with Crippen molar-refractivity contribution in [1.82, 2.24) is 5.43 Å². The lowest BCUT2D eigenvalue weighted by Gasteiger charge is -2.24. The Morgan fingerprint density at radius 2 is 2.12 bits per heavy atom. The van der Waals surface area contributed by atoms with Gasteiger partial charge in [-0.1, -0.05) is 23.7 Å². The summed E-state index contributed by atoms with van der Waals surface area (Å²) in [6.07, 6.45) is 0.133. The third-order valence-corrected chi connectivity index (χ3v) is 3.68. The molecular weight excluding hydrogens is 366 g/mol. The van der Waals surface area contributed by atoms with Crippen LogP contribution in [0.5, 0.6) is 17.2 Å². The molecule has 10 heteroatoms. The number of nitrogens with zero attached hydrogens (tertiary/aromatic N) is 2. The quantitative estimate of drug-likeness (QED) is 0.478. The summed E-state index contributed by atoms with van der Waals surface area (Å²) in [4.78, 5) is 22.2. The van der Waals surface area contributed by atoms with Crippen LogP contribution in [0.25, 0.3) is 0 Å². The van der Waals surface area contributed by atoms with Gasteiger partial charge in [0.05, 0.1) is 11.1 Å². The van der Waals surface area contributed by atoms with Crippen LogP contribution in [0.15, 0.2) is 41.5 Å². The van der Waals surface area contributed by atoms with E-state index in [1.54, 1.807) is 24.3 Å². The first kappa shape index (κ1) is 17.5. The predicted octanol–water partition coefficient (Wildman–Crippen LogP) is 2.24. The average Bonchev–Trinajstić information content (AvgIpc) is 2.63. The summed E-state index contributed by atoms with van der Waals surface area (Å²) in [5.41, 5.74) is 1.65. The monoisotopic (exact) mass is 377 g/mol. The van der Waals surface area contributed by atoms with Crippen molar-refractivity contribution in [2.75, 3.05) is 6.61 Å². The van der Waals surface area contributed by atoms with Gasteiger partial charge < -0.3 is 14.6 Å². The largest absolute Gasteiger partial charge is 0.502 e. The zero-order valence-electron chi connectivity index (χ0n) is 13.1. The highest BCUT2D eigenvalue weighted by molar-refractivity contribution is 6.31. The number of ether oxygens (including phenoxy) is 2. The third kappa shape index (κ3) is 3.67. The molecule has 1 atom stereocenters. The lowest BCUT2D eigenvalue weighted by molar-refractivity contribution is -0.385. The topological polar surface area (TPSA) is 123 Å². The summed E-state index contributed by atoms with van der Waals surface area (Å²) in [5.74, 6) is -0.211. The molecule has 1 aliphatic heterocycles. The number of nitrogens with one attached hydrogen (secondary N) is 1. The van der Waals surface area contributed by atoms with Crippen molar-refractivity contribution in [3.8, 4) is 17.2 Å². The fourth-order valence-corrected chi connectivity index (χ4v) is 2.45. The molecule has 0 unspecified atom stereocenters. The van der Waals surface area contributed by atoms with Crippen LogP contribution >= 0.6 is 11.6 Å². The molecule has 0 fully saturated rings. The Kier molecular flexibility index (Phi) is 4.90. The smallest absolute Gasteiger partial charge is 0.312 e. The van der Waals surface area contributed by atoms with Crippen molar-refractivity contribution < 1.29 is 24.3 Å². The summed E-state index contributed by atoms with van der Waals surface area (Å²) < 4.78 is 10.9. The number of nitro benzene ring substituents is 1. The number of rotatable bonds is 4. The van der Waals surface area contributed by atoms with E-state index in [-0.39, 0.29) is 17.2 Å². The molecule has 26 heavy (non-hydrogen) atoms. The third-order valence-electron chi connectivity index (χ3n) is 3.46. The second kappa shape index (κ2) is 7.28. The van der Waals surface area contributed by atoms with Crippen LogP contribution in [-0.2, 0) is 4.79 Å². The molecule has 1 aliphatic rings. The Bertz CT molecular complexity index is 902. The minimum atomic E-state index is -0.913. The number of benzene rings is 2. The highest BCUT2D eigenvalue weighted by Gasteiger charge is 2.27. The lowest BCUT2D eigenvalue weighted by Crippen LogP contribution is -2.42. The summed E-state index contributed by atoms with van der Waals surface area (Å²) in [6.45, 7) is 0.00620. The van der Waals surface area contributed by atoms with Gasteiger partial charge in [0.15, 0.2) is 11.5 Å². The molecule has 9 nitrogen and oxygen atoms in total. The van der Waals surface area contributed by atoms with Crippen molar-refractivity contribution >= 4 is 29.4 Å². The molecule has 2 aromatic rings. The zero-order chi connectivity index (χ0) is 18.7. The molecule has 0 saturated heterocycles. The average molecular weight is 378 g/mol. The van der Waals surface area contributed by atoms with Gasteiger partial charge in [0.2, 0.25) is 11.9 Å². The minimum absolute atomic E-state index is 0.00620. The molecule has 0 spiro atoms. The van der Waals surface area contributed by atoms with Gasteiger partial charge >= 0.3 is 5.69 Å². The van der Waals surface area contributed by atoms with Crippen molar-refractivity contribution in [1.29, 1.82) is 0 Å². The Balaban J connectivity index is 1.68. The maximum absolute atomic E-state index is 12.1. The van der Waals surface area contributed by atoms with Crippen LogP contribution in [0, 0.1) is 10.1 Å². The van der Waals surface area contributed by atoms with Gasteiger partial charge in [0.1, 0.15) is 6.61 Å². The number of carbonyl (C=O) groups excluding carboxylic acids is 1. The SMILES string of the molecule is O=C(N/N=C\c1cc(Cl)cc([N+](=O)[O-])c1O)[C@@H]1COc2ccccc2O1. The summed E-state index contributed by atoms with van der Waals surface area (Å²) >= 11 is 5.78. The summed E-state index contributed by atoms with van der Waals surface area (Å²) in [6, 6.07) is 9.20. The second-order valence-electron chi connectivity index (χ2n) is 5.22. The minimum Gasteiger partial charge on any atom is -0.502 e. The molecule has 134 valence electrons. The van der Waals surface area contributed by atoms with Gasteiger partial charge in [0.25, 0.3) is 5.91 Å². The molecule has 2 N–H and O–H groups in total. The first-order chi connectivity index (χ1) is 12.5. The fraction of sp³-hybridized carbons (Fsp3) is 0.125. The van der Waals surface area contributed by atoms with Crippen LogP contribution in [0.3, 0.4) is 0 Å². The van der Waals surface area contributed by atoms with E-state index >= 15 is 0 Å². The van der Waals surface area contributed by atoms with Gasteiger partial charge in [0, 0.05) is 16.7 Å². The first-order valence-corrected chi connectivity index (χ1v) is 7.72. The van der Waals surface area contributed by atoms with Gasteiger partial charge in [-0.3, -0.25) is 14.9 Å². The Morgan fingerprint density at radius 3 is 2.85 bits per heavy atom. The molecule has 1 amide bonds. The van der Waals surface area contributed by atoms with E-state index < -0.39 is 28.4 Å². The van der Waals surface area contributed by atoms with Crippen LogP contribution in [0.2, 0.25) is 5.02 Å². The van der Waals surface area contributed by atoms with E-state index in [0.717, 1.165) is 12.3 Å². The van der Waals surface area contributed by atoms with Crippen LogP contribution in [-0.4, -0.2) is 34.9 Å². The molecule has 0 bridgehead atoms. The number of phenolic OH excluding ortho intramolecular Hbond substituents is 1. The standard InChI is InChI=1S/C16H12ClN3O6/c17-10-5-9(15(21)11(6-10)20(23)24)7-18-19-16(22)14-8-25-12-3-1-2-4-13(12)26-14/h1-7,14,21H,8H2,(H,19,22)/b18-7-/t14-/m0/s1. The summed E-state index contributed by atoms with van der Waals surface area (Å²) in [5, 5.41) is 24.4. The highest BCUT2D eigenvalue weighted by Crippen LogP contribution is 2.32. The van der Waals surface area contributed by atoms with Gasteiger partial charge in [-0.15, -0.1) is 0 Å². The second-order valence-corrected chi connectivity index (χ2v) is 5.65. The van der Waals surface area contributed by atoms with E-state index in [0.29, 0.717) is 11.5 Å². The maximum atomic E-state index is 12.1. The van der Waals surface area contributed by atoms with Crippen molar-refractivity contribution in [3.63, 3.8) is 0 Å². The predicted molar refractivity (Wildman–Crippen MR) is 91.9 cm³/mol. The Morgan fingerprint density at radius 1 is 1.38 bits per heavy atom. The Hall–Kier alpha value is -3.33. The molecule has 1 heterocycles. The van der Waals surface area contributed by atoms with E-state index in [1.807, 2.05) is 0 Å². The number of para-hydroxylation sites is 2. The highest BCUT2D eigenvalue weighted by atomic mass is 35.5. The summed E-state index contributed by atoms with van der Waals surface area (Å²) in [7, 11) is 0. The van der Waals surface area contributed by atoms with Gasteiger partial charge in [-0.05, 0) is 18.2 Å². The molecule has 0 radical (unpaired) electrons. The number of hydrogen-bond donors (Lipinski definition) is 2. The zero-order valence-corrected chi connectivity index (χ0v) is 13.8. The van der Waals surface area contributed by atoms with E-state index in [9.17, 15) is 20.0 Å². The number of halogens is 1. The molecular formula is C16H12ClN3O6. The number of fused-ring (bicyclic) bond motifs is 1. The van der Waals surface area contributed by atoms with Crippen molar-refractivity contribution in [3.05, 3.63) is 57.1 Å². The number of hydrazone groups is 1. The maximum Gasteiger partial charge on any atom is 0.312 e. The van der Waals surface area contributed by atoms with Gasteiger partial charge in [-0.2, -0.15) is 5.10 Å². The Labute approximate surface area is 151 Å². The molecule has 0 aliphatic carbocycles. The lowest BCUT2D eigenvalue weighted by atomic mass is 10.2. The van der Waals surface area contributed by atoms with Gasteiger partial charge in [-0.25, -0.2) is 5.43 Å². The first-order valence-electron chi connectivity index (χ1n) is 7.34. The number of hydrogen-bond acceptors (Lipinski definition) is 7. The molecule has 2 aromatic carbocycles. The number of carbonyl (C=O) groups is 1. The normalized spacial score (nSPS) is 15.7. The van der Waals surface area contributed by atoms with Crippen molar-refractivity contribution in [2.45, 2.75) is 6.10 Å². The van der Waals surface area contributed by atoms with Crippen LogP contribution < -0.4 is 14.9 Å². The van der Waals surface area contributed by atoms with Crippen LogP contribution in [0.4, 0.5) is 5.69 Å². The number of aromatic hydroxyl groups is 1. The number of phenols is 1. The van der Waals surface area contributed by atoms with Crippen molar-refractivity contribution in [2.24, 2.45) is 5.10 Å². The molecule has 0 aromatic heterocycles.